The van der Waals surface area contributed by atoms with Crippen molar-refractivity contribution >= 4 is 35.0 Å². The Morgan fingerprint density at radius 2 is 1.94 bits per heavy atom. The lowest BCUT2D eigenvalue weighted by molar-refractivity contribution is -0.127. The van der Waals surface area contributed by atoms with Crippen molar-refractivity contribution in [2.24, 2.45) is 0 Å². The van der Waals surface area contributed by atoms with Gasteiger partial charge in [-0.05, 0) is 6.92 Å². The molecule has 1 aliphatic heterocycles. The third-order valence-electron chi connectivity index (χ3n) is 4.89. The highest BCUT2D eigenvalue weighted by Gasteiger charge is 2.25. The maximum absolute atomic E-state index is 14.8. The summed E-state index contributed by atoms with van der Waals surface area (Å²) < 4.78 is 30.8. The molecule has 12 heteroatoms. The quantitative estimate of drug-likeness (QED) is 0.430. The molecule has 1 aromatic heterocycles. The van der Waals surface area contributed by atoms with Crippen molar-refractivity contribution in [3.8, 4) is 5.69 Å². The number of ketones is 1. The Labute approximate surface area is 182 Å². The molecule has 0 bridgehead atoms. The fraction of sp³-hybridized carbons (Fsp3) is 0.421. The minimum Gasteiger partial charge on any atom is -0.386 e. The molecular weight excluding hydrogens is 430 g/mol. The highest BCUT2D eigenvalue weighted by molar-refractivity contribution is 7.81. The first-order valence-electron chi connectivity index (χ1n) is 9.60. The van der Waals surface area contributed by atoms with Crippen LogP contribution in [-0.4, -0.2) is 80.9 Å². The molecule has 0 spiro atoms. The number of Topliss-reactive ketones (excluding diaryl/α,β-unsaturated/α-hetero) is 1. The van der Waals surface area contributed by atoms with Crippen molar-refractivity contribution in [1.29, 1.82) is 0 Å². The molecular formula is C19H22F2N6O3S. The largest absolute Gasteiger partial charge is 0.386 e. The molecule has 166 valence electrons. The molecule has 0 aliphatic carbocycles. The first-order chi connectivity index (χ1) is 14.8. The van der Waals surface area contributed by atoms with E-state index in [2.05, 4.69) is 15.6 Å². The number of hydrogen-bond donors (Lipinski definition) is 2. The van der Waals surface area contributed by atoms with Crippen LogP contribution >= 0.6 is 12.2 Å². The van der Waals surface area contributed by atoms with Crippen LogP contribution in [-0.2, 0) is 16.1 Å². The summed E-state index contributed by atoms with van der Waals surface area (Å²) in [6.45, 7) is 3.26. The van der Waals surface area contributed by atoms with Crippen LogP contribution in [0.3, 0.4) is 0 Å². The molecule has 2 N–H and O–H groups in total. The van der Waals surface area contributed by atoms with Gasteiger partial charge in [0.05, 0.1) is 25.0 Å². The van der Waals surface area contributed by atoms with Gasteiger partial charge in [-0.1, -0.05) is 17.4 Å². The van der Waals surface area contributed by atoms with Gasteiger partial charge in [-0.3, -0.25) is 14.5 Å². The third-order valence-corrected chi connectivity index (χ3v) is 5.13. The maximum Gasteiger partial charge on any atom is 0.177 e. The van der Waals surface area contributed by atoms with Crippen molar-refractivity contribution in [3.05, 3.63) is 35.7 Å². The predicted molar refractivity (Wildman–Crippen MR) is 112 cm³/mol. The van der Waals surface area contributed by atoms with E-state index in [1.54, 1.807) is 4.90 Å². The Bertz CT molecular complexity index is 952. The average Bonchev–Trinajstić information content (AvgIpc) is 3.21. The van der Waals surface area contributed by atoms with E-state index < -0.39 is 17.7 Å². The number of thiocarbonyl (C=S) groups is 1. The number of carbonyl (C=O) groups excluding carboxylic acids is 2. The number of aldehydes is 1. The smallest absolute Gasteiger partial charge is 0.177 e. The Balaban J connectivity index is 1.68. The van der Waals surface area contributed by atoms with E-state index in [-0.39, 0.29) is 35.2 Å². The number of halogens is 2. The van der Waals surface area contributed by atoms with Crippen molar-refractivity contribution < 1.29 is 23.5 Å². The number of nitrogens with zero attached hydrogens (tertiary/aromatic N) is 5. The van der Waals surface area contributed by atoms with E-state index in [1.165, 1.54) is 29.9 Å². The Morgan fingerprint density at radius 1 is 1.29 bits per heavy atom. The van der Waals surface area contributed by atoms with Crippen molar-refractivity contribution in [3.63, 3.8) is 0 Å². The van der Waals surface area contributed by atoms with Gasteiger partial charge in [-0.25, -0.2) is 13.5 Å². The summed E-state index contributed by atoms with van der Waals surface area (Å²) >= 11 is 4.74. The summed E-state index contributed by atoms with van der Waals surface area (Å²) in [6.07, 6.45) is 0.940. The molecule has 0 saturated carbocycles. The molecule has 1 unspecified atom stereocenters. The van der Waals surface area contributed by atoms with Crippen molar-refractivity contribution in [2.75, 3.05) is 37.6 Å². The molecule has 0 amide bonds. The monoisotopic (exact) mass is 452 g/mol. The van der Waals surface area contributed by atoms with E-state index in [4.69, 9.17) is 12.2 Å². The number of piperazine rings is 1. The standard InChI is InChI=1S/C19H22F2N6O3S/c1-12(29)17(30)10-25-2-4-26(5-3-25)19-15(20)6-14(7-16(19)21)27-9-13(23-24-27)8-22-18(31)11-28/h6-7,9,11-12,29H,2-5,8,10H2,1H3,(H,22,31). The van der Waals surface area contributed by atoms with Gasteiger partial charge in [0.1, 0.15) is 22.5 Å². The summed E-state index contributed by atoms with van der Waals surface area (Å²) in [6, 6.07) is 2.34. The summed E-state index contributed by atoms with van der Waals surface area (Å²) in [4.78, 5) is 25.6. The Hall–Kier alpha value is -2.83. The summed E-state index contributed by atoms with van der Waals surface area (Å²) in [7, 11) is 0. The lowest BCUT2D eigenvalue weighted by atomic mass is 10.2. The van der Waals surface area contributed by atoms with Crippen LogP contribution in [0.4, 0.5) is 14.5 Å². The fourth-order valence-corrected chi connectivity index (χ4v) is 3.27. The number of aliphatic hydroxyl groups excluding tert-OH is 1. The second kappa shape index (κ2) is 9.98. The lowest BCUT2D eigenvalue weighted by Gasteiger charge is -2.36. The summed E-state index contributed by atoms with van der Waals surface area (Å²) in [5, 5.41) is 19.7. The highest BCUT2D eigenvalue weighted by Crippen LogP contribution is 2.27. The number of benzene rings is 1. The van der Waals surface area contributed by atoms with Crippen LogP contribution in [0.1, 0.15) is 12.6 Å². The van der Waals surface area contributed by atoms with Gasteiger partial charge in [0.2, 0.25) is 0 Å². The molecule has 9 nitrogen and oxygen atoms in total. The third kappa shape index (κ3) is 5.66. The molecule has 2 heterocycles. The van der Waals surface area contributed by atoms with Gasteiger partial charge in [-0.2, -0.15) is 0 Å². The van der Waals surface area contributed by atoms with Crippen LogP contribution in [0.5, 0.6) is 0 Å². The van der Waals surface area contributed by atoms with E-state index in [0.717, 1.165) is 0 Å². The zero-order chi connectivity index (χ0) is 22.5. The minimum atomic E-state index is -1.03. The molecule has 3 rings (SSSR count). The van der Waals surface area contributed by atoms with E-state index in [1.807, 2.05) is 4.90 Å². The van der Waals surface area contributed by atoms with Crippen molar-refractivity contribution in [1.82, 2.24) is 25.2 Å². The molecule has 1 aromatic carbocycles. The topological polar surface area (TPSA) is 104 Å². The number of aliphatic hydroxyl groups is 1. The molecule has 1 aliphatic rings. The predicted octanol–water partition coefficient (Wildman–Crippen LogP) is 0.233. The molecule has 31 heavy (non-hydrogen) atoms. The van der Waals surface area contributed by atoms with Crippen LogP contribution in [0.25, 0.3) is 5.69 Å². The van der Waals surface area contributed by atoms with Crippen LogP contribution in [0, 0.1) is 11.6 Å². The Kier molecular flexibility index (Phi) is 7.36. The van der Waals surface area contributed by atoms with Gasteiger partial charge < -0.3 is 15.3 Å². The zero-order valence-electron chi connectivity index (χ0n) is 16.8. The highest BCUT2D eigenvalue weighted by atomic mass is 32.1. The maximum atomic E-state index is 14.8. The second-order valence-electron chi connectivity index (χ2n) is 7.15. The Morgan fingerprint density at radius 3 is 2.52 bits per heavy atom. The van der Waals surface area contributed by atoms with E-state index in [9.17, 15) is 23.5 Å². The SMILES string of the molecule is CC(O)C(=O)CN1CCN(c2c(F)cc(-n3cc(CNC(=S)C=O)nn3)cc2F)CC1. The van der Waals surface area contributed by atoms with Crippen molar-refractivity contribution in [2.45, 2.75) is 19.6 Å². The number of carbonyl (C=O) groups is 2. The summed E-state index contributed by atoms with van der Waals surface area (Å²) in [5.74, 6) is -1.76. The number of aromatic nitrogens is 3. The van der Waals surface area contributed by atoms with E-state index in [0.29, 0.717) is 38.2 Å². The van der Waals surface area contributed by atoms with Gasteiger partial charge in [0.15, 0.2) is 23.7 Å². The van der Waals surface area contributed by atoms with Gasteiger partial charge in [-0.15, -0.1) is 5.10 Å². The molecule has 1 saturated heterocycles. The fourth-order valence-electron chi connectivity index (χ4n) is 3.19. The minimum absolute atomic E-state index is 0.0197. The summed E-state index contributed by atoms with van der Waals surface area (Å²) in [5.41, 5.74) is 0.470. The van der Waals surface area contributed by atoms with Gasteiger partial charge in [0.25, 0.3) is 0 Å². The first-order valence-corrected chi connectivity index (χ1v) is 10.0. The molecule has 1 atom stereocenters. The second-order valence-corrected chi connectivity index (χ2v) is 7.59. The van der Waals surface area contributed by atoms with Crippen LogP contribution in [0.15, 0.2) is 18.3 Å². The number of nitrogens with one attached hydrogen (secondary N) is 1. The molecule has 1 fully saturated rings. The number of hydrogen-bond acceptors (Lipinski definition) is 8. The normalized spacial score (nSPS) is 15.5. The van der Waals surface area contributed by atoms with Gasteiger partial charge >= 0.3 is 0 Å². The van der Waals surface area contributed by atoms with Crippen LogP contribution < -0.4 is 10.2 Å². The zero-order valence-corrected chi connectivity index (χ0v) is 17.6. The molecule has 0 radical (unpaired) electrons. The lowest BCUT2D eigenvalue weighted by Crippen LogP contribution is -2.49. The number of rotatable bonds is 8. The first kappa shape index (κ1) is 22.8. The molecule has 2 aromatic rings. The average molecular weight is 452 g/mol. The van der Waals surface area contributed by atoms with Gasteiger partial charge in [0, 0.05) is 38.3 Å². The van der Waals surface area contributed by atoms with E-state index >= 15 is 0 Å². The van der Waals surface area contributed by atoms with Crippen LogP contribution in [0.2, 0.25) is 0 Å². The number of anilines is 1.